The summed E-state index contributed by atoms with van der Waals surface area (Å²) in [5.41, 5.74) is 1.07. The number of halogens is 1. The number of guanidine groups is 1. The standard InChI is InChI=1S/C21H26FN3O3/c1-15(28-18-6-3-5-17(22)12-18)13-24-21(23-2)25-14-16-7-8-19-20(11-16)27-10-4-9-26-19/h3,5-8,11-12,15H,4,9-10,13-14H2,1-2H3,(H2,23,24,25). The van der Waals surface area contributed by atoms with Crippen molar-refractivity contribution in [2.75, 3.05) is 26.8 Å². The number of rotatable bonds is 6. The van der Waals surface area contributed by atoms with Gasteiger partial charge in [-0.15, -0.1) is 0 Å². The largest absolute Gasteiger partial charge is 0.490 e. The third-order valence-corrected chi connectivity index (χ3v) is 4.19. The van der Waals surface area contributed by atoms with Crippen LogP contribution in [0.3, 0.4) is 0 Å². The molecule has 3 rings (SSSR count). The van der Waals surface area contributed by atoms with E-state index in [1.165, 1.54) is 12.1 Å². The maximum atomic E-state index is 13.2. The lowest BCUT2D eigenvalue weighted by molar-refractivity contribution is 0.223. The molecule has 0 fully saturated rings. The van der Waals surface area contributed by atoms with Gasteiger partial charge < -0.3 is 24.8 Å². The van der Waals surface area contributed by atoms with Crippen molar-refractivity contribution in [2.24, 2.45) is 4.99 Å². The summed E-state index contributed by atoms with van der Waals surface area (Å²) in [5.74, 6) is 2.40. The molecule has 0 aliphatic carbocycles. The number of hydrogen-bond donors (Lipinski definition) is 2. The Bertz CT molecular complexity index is 813. The van der Waals surface area contributed by atoms with Gasteiger partial charge in [-0.2, -0.15) is 0 Å². The first-order valence-corrected chi connectivity index (χ1v) is 9.39. The van der Waals surface area contributed by atoms with E-state index in [2.05, 4.69) is 15.6 Å². The highest BCUT2D eigenvalue weighted by molar-refractivity contribution is 5.79. The molecule has 1 atom stereocenters. The van der Waals surface area contributed by atoms with E-state index in [4.69, 9.17) is 14.2 Å². The summed E-state index contributed by atoms with van der Waals surface area (Å²) in [5, 5.41) is 6.47. The maximum absolute atomic E-state index is 13.2. The molecule has 1 heterocycles. The van der Waals surface area contributed by atoms with Crippen molar-refractivity contribution < 1.29 is 18.6 Å². The average molecular weight is 387 g/mol. The Labute approximate surface area is 164 Å². The van der Waals surface area contributed by atoms with Gasteiger partial charge in [0.15, 0.2) is 17.5 Å². The molecule has 7 heteroatoms. The minimum absolute atomic E-state index is 0.154. The molecule has 2 aromatic carbocycles. The van der Waals surface area contributed by atoms with E-state index >= 15 is 0 Å². The molecule has 28 heavy (non-hydrogen) atoms. The van der Waals surface area contributed by atoms with E-state index in [0.29, 0.717) is 38.0 Å². The van der Waals surface area contributed by atoms with Gasteiger partial charge in [-0.1, -0.05) is 12.1 Å². The molecule has 0 spiro atoms. The zero-order chi connectivity index (χ0) is 19.8. The number of ether oxygens (including phenoxy) is 3. The molecule has 1 unspecified atom stereocenters. The highest BCUT2D eigenvalue weighted by Gasteiger charge is 2.11. The van der Waals surface area contributed by atoms with Crippen molar-refractivity contribution in [3.63, 3.8) is 0 Å². The van der Waals surface area contributed by atoms with Gasteiger partial charge in [0.1, 0.15) is 17.7 Å². The van der Waals surface area contributed by atoms with E-state index in [9.17, 15) is 4.39 Å². The van der Waals surface area contributed by atoms with Gasteiger partial charge in [-0.25, -0.2) is 4.39 Å². The van der Waals surface area contributed by atoms with Crippen molar-refractivity contribution >= 4 is 5.96 Å². The van der Waals surface area contributed by atoms with Crippen LogP contribution in [0.5, 0.6) is 17.2 Å². The molecule has 0 aromatic heterocycles. The second-order valence-corrected chi connectivity index (χ2v) is 6.52. The van der Waals surface area contributed by atoms with Crippen molar-refractivity contribution in [3.8, 4) is 17.2 Å². The van der Waals surface area contributed by atoms with Gasteiger partial charge >= 0.3 is 0 Å². The first-order chi connectivity index (χ1) is 13.6. The van der Waals surface area contributed by atoms with E-state index < -0.39 is 0 Å². The summed E-state index contributed by atoms with van der Waals surface area (Å²) < 4.78 is 30.3. The van der Waals surface area contributed by atoms with E-state index in [1.807, 2.05) is 25.1 Å². The number of aliphatic imine (C=N–C) groups is 1. The number of nitrogens with one attached hydrogen (secondary N) is 2. The molecule has 2 aromatic rings. The zero-order valence-electron chi connectivity index (χ0n) is 16.2. The lowest BCUT2D eigenvalue weighted by Crippen LogP contribution is -2.41. The molecule has 0 amide bonds. The molecule has 0 bridgehead atoms. The van der Waals surface area contributed by atoms with Gasteiger partial charge in [0.05, 0.1) is 19.8 Å². The lowest BCUT2D eigenvalue weighted by Gasteiger charge is -2.18. The predicted molar refractivity (Wildman–Crippen MR) is 107 cm³/mol. The Hall–Kier alpha value is -2.96. The van der Waals surface area contributed by atoms with Crippen LogP contribution in [-0.4, -0.2) is 38.9 Å². The van der Waals surface area contributed by atoms with Crippen LogP contribution in [0.15, 0.2) is 47.5 Å². The average Bonchev–Trinajstić information content (AvgIpc) is 2.93. The topological polar surface area (TPSA) is 64.1 Å². The fraction of sp³-hybridized carbons (Fsp3) is 0.381. The van der Waals surface area contributed by atoms with Crippen molar-refractivity contribution in [2.45, 2.75) is 26.0 Å². The summed E-state index contributed by atoms with van der Waals surface area (Å²) in [4.78, 5) is 4.22. The second kappa shape index (κ2) is 9.82. The monoisotopic (exact) mass is 387 g/mol. The first kappa shape index (κ1) is 19.8. The first-order valence-electron chi connectivity index (χ1n) is 9.39. The van der Waals surface area contributed by atoms with Crippen LogP contribution in [-0.2, 0) is 6.54 Å². The van der Waals surface area contributed by atoms with Crippen LogP contribution >= 0.6 is 0 Å². The van der Waals surface area contributed by atoms with Gasteiger partial charge in [0, 0.05) is 26.1 Å². The SMILES string of the molecule is CN=C(NCc1ccc2c(c1)OCCCO2)NCC(C)Oc1cccc(F)c1. The summed E-state index contributed by atoms with van der Waals surface area (Å²) in [6, 6.07) is 12.0. The third-order valence-electron chi connectivity index (χ3n) is 4.19. The Morgan fingerprint density at radius 3 is 2.75 bits per heavy atom. The Morgan fingerprint density at radius 2 is 1.96 bits per heavy atom. The van der Waals surface area contributed by atoms with E-state index in [0.717, 1.165) is 23.5 Å². The van der Waals surface area contributed by atoms with Gasteiger partial charge in [0.2, 0.25) is 0 Å². The second-order valence-electron chi connectivity index (χ2n) is 6.52. The number of benzene rings is 2. The molecule has 0 radical (unpaired) electrons. The summed E-state index contributed by atoms with van der Waals surface area (Å²) in [6.07, 6.45) is 0.729. The highest BCUT2D eigenvalue weighted by Crippen LogP contribution is 2.30. The summed E-state index contributed by atoms with van der Waals surface area (Å²) >= 11 is 0. The highest BCUT2D eigenvalue weighted by atomic mass is 19.1. The summed E-state index contributed by atoms with van der Waals surface area (Å²) in [7, 11) is 1.71. The van der Waals surface area contributed by atoms with Crippen LogP contribution in [0.1, 0.15) is 18.9 Å². The van der Waals surface area contributed by atoms with Crippen molar-refractivity contribution in [1.82, 2.24) is 10.6 Å². The number of fused-ring (bicyclic) bond motifs is 1. The van der Waals surface area contributed by atoms with Crippen molar-refractivity contribution in [1.29, 1.82) is 0 Å². The fourth-order valence-electron chi connectivity index (χ4n) is 2.78. The van der Waals surface area contributed by atoms with Crippen LogP contribution in [0.2, 0.25) is 0 Å². The summed E-state index contributed by atoms with van der Waals surface area (Å²) in [6.45, 7) is 4.37. The Balaban J connectivity index is 1.47. The quantitative estimate of drug-likeness (QED) is 0.589. The van der Waals surface area contributed by atoms with Crippen LogP contribution < -0.4 is 24.8 Å². The van der Waals surface area contributed by atoms with Crippen LogP contribution in [0.4, 0.5) is 4.39 Å². The van der Waals surface area contributed by atoms with Gasteiger partial charge in [-0.3, -0.25) is 4.99 Å². The predicted octanol–water partition coefficient (Wildman–Crippen LogP) is 3.12. The lowest BCUT2D eigenvalue weighted by atomic mass is 10.2. The molecular formula is C21H26FN3O3. The van der Waals surface area contributed by atoms with E-state index in [-0.39, 0.29) is 11.9 Å². The molecule has 1 aliphatic rings. The smallest absolute Gasteiger partial charge is 0.191 e. The molecular weight excluding hydrogens is 361 g/mol. The normalized spacial score (nSPS) is 14.8. The molecule has 6 nitrogen and oxygen atoms in total. The number of nitrogens with zero attached hydrogens (tertiary/aromatic N) is 1. The molecule has 1 aliphatic heterocycles. The molecule has 150 valence electrons. The Kier molecular flexibility index (Phi) is 6.94. The third kappa shape index (κ3) is 5.77. The van der Waals surface area contributed by atoms with Crippen LogP contribution in [0, 0.1) is 5.82 Å². The van der Waals surface area contributed by atoms with E-state index in [1.54, 1.807) is 19.2 Å². The number of hydrogen-bond acceptors (Lipinski definition) is 4. The van der Waals surface area contributed by atoms with Gasteiger partial charge in [-0.05, 0) is 36.8 Å². The minimum atomic E-state index is -0.315. The van der Waals surface area contributed by atoms with Gasteiger partial charge in [0.25, 0.3) is 0 Å². The van der Waals surface area contributed by atoms with Crippen molar-refractivity contribution in [3.05, 3.63) is 53.8 Å². The minimum Gasteiger partial charge on any atom is -0.490 e. The molecule has 0 saturated heterocycles. The fourth-order valence-corrected chi connectivity index (χ4v) is 2.78. The maximum Gasteiger partial charge on any atom is 0.191 e. The Morgan fingerprint density at radius 1 is 1.14 bits per heavy atom. The zero-order valence-corrected chi connectivity index (χ0v) is 16.2. The molecule has 0 saturated carbocycles. The molecule has 2 N–H and O–H groups in total. The van der Waals surface area contributed by atoms with Crippen LogP contribution in [0.25, 0.3) is 0 Å².